The van der Waals surface area contributed by atoms with Crippen LogP contribution in [0.15, 0.2) is 79.4 Å². The van der Waals surface area contributed by atoms with Gasteiger partial charge in [-0.15, -0.1) is 0 Å². The second kappa shape index (κ2) is 9.32. The van der Waals surface area contributed by atoms with Crippen molar-refractivity contribution < 1.29 is 9.18 Å². The zero-order chi connectivity index (χ0) is 22.6. The maximum absolute atomic E-state index is 13.6. The Balaban J connectivity index is 1.38. The predicted octanol–water partition coefficient (Wildman–Crippen LogP) is 4.43. The fourth-order valence-corrected chi connectivity index (χ4v) is 4.43. The monoisotopic (exact) mass is 441 g/mol. The Labute approximate surface area is 191 Å². The Morgan fingerprint density at radius 1 is 1.09 bits per heavy atom. The molecule has 2 aromatic heterocycles. The Hall–Kier alpha value is -3.87. The van der Waals surface area contributed by atoms with Crippen LogP contribution in [0.3, 0.4) is 0 Å². The number of nitrogens with zero attached hydrogens (tertiary/aromatic N) is 5. The highest BCUT2D eigenvalue weighted by Crippen LogP contribution is 2.32. The maximum atomic E-state index is 13.6. The zero-order valence-corrected chi connectivity index (χ0v) is 18.1. The quantitative estimate of drug-likeness (QED) is 0.444. The minimum atomic E-state index is -0.266. The summed E-state index contributed by atoms with van der Waals surface area (Å²) in [6.07, 6.45) is 9.30. The molecule has 1 fully saturated rings. The Bertz CT molecular complexity index is 1260. The van der Waals surface area contributed by atoms with Crippen LogP contribution in [0.1, 0.15) is 51.8 Å². The summed E-state index contributed by atoms with van der Waals surface area (Å²) in [5.41, 5.74) is 4.00. The molecule has 0 spiro atoms. The van der Waals surface area contributed by atoms with Crippen molar-refractivity contribution in [3.8, 4) is 0 Å². The average Bonchev–Trinajstić information content (AvgIpc) is 3.52. The lowest BCUT2D eigenvalue weighted by Crippen LogP contribution is -2.32. The molecule has 0 radical (unpaired) electrons. The van der Waals surface area contributed by atoms with E-state index in [9.17, 15) is 9.18 Å². The first kappa shape index (κ1) is 21.0. The third kappa shape index (κ3) is 4.67. The zero-order valence-electron chi connectivity index (χ0n) is 18.1. The van der Waals surface area contributed by atoms with E-state index in [4.69, 9.17) is 4.98 Å². The minimum absolute atomic E-state index is 0.00223. The molecule has 1 aliphatic rings. The van der Waals surface area contributed by atoms with Gasteiger partial charge in [-0.25, -0.2) is 4.39 Å². The Kier molecular flexibility index (Phi) is 5.93. The third-order valence-corrected chi connectivity index (χ3v) is 5.97. The molecule has 0 aliphatic carbocycles. The number of carbonyl (C=O) groups excluding carboxylic acids is 1. The van der Waals surface area contributed by atoms with Gasteiger partial charge >= 0.3 is 0 Å². The van der Waals surface area contributed by atoms with Crippen LogP contribution in [0.2, 0.25) is 0 Å². The van der Waals surface area contributed by atoms with Gasteiger partial charge in [-0.2, -0.15) is 5.10 Å². The van der Waals surface area contributed by atoms with E-state index < -0.39 is 0 Å². The first-order chi connectivity index (χ1) is 16.2. The van der Waals surface area contributed by atoms with Crippen molar-refractivity contribution in [3.63, 3.8) is 0 Å². The highest BCUT2D eigenvalue weighted by Gasteiger charge is 2.32. The first-order valence-electron chi connectivity index (χ1n) is 11.1. The molecule has 0 saturated carbocycles. The molecule has 2 aromatic carbocycles. The van der Waals surface area contributed by atoms with Gasteiger partial charge in [0, 0.05) is 37.1 Å². The van der Waals surface area contributed by atoms with E-state index in [1.807, 2.05) is 52.2 Å². The van der Waals surface area contributed by atoms with E-state index in [2.05, 4.69) is 10.1 Å². The van der Waals surface area contributed by atoms with E-state index in [1.54, 1.807) is 24.7 Å². The van der Waals surface area contributed by atoms with Gasteiger partial charge in [-0.3, -0.25) is 19.4 Å². The average molecular weight is 442 g/mol. The SMILES string of the molecule is O=C(c1ccccc1Cn1cccn1)N1CCC[C@@H]1c1cncc(Cc2cccc(F)c2)n1. The largest absolute Gasteiger partial charge is 0.330 e. The molecular formula is C26H24FN5O. The summed E-state index contributed by atoms with van der Waals surface area (Å²) < 4.78 is 15.4. The molecule has 7 heteroatoms. The van der Waals surface area contributed by atoms with Gasteiger partial charge in [0.1, 0.15) is 5.82 Å². The Morgan fingerprint density at radius 3 is 2.85 bits per heavy atom. The van der Waals surface area contributed by atoms with Crippen LogP contribution in [0, 0.1) is 5.82 Å². The van der Waals surface area contributed by atoms with E-state index >= 15 is 0 Å². The summed E-state index contributed by atoms with van der Waals surface area (Å²) in [4.78, 5) is 24.7. The highest BCUT2D eigenvalue weighted by molar-refractivity contribution is 5.96. The fourth-order valence-electron chi connectivity index (χ4n) is 4.43. The topological polar surface area (TPSA) is 63.9 Å². The van der Waals surface area contributed by atoms with E-state index in [1.165, 1.54) is 12.1 Å². The molecule has 3 heterocycles. The fraction of sp³-hybridized carbons (Fsp3) is 0.231. The van der Waals surface area contributed by atoms with E-state index in [0.717, 1.165) is 35.4 Å². The lowest BCUT2D eigenvalue weighted by atomic mass is 10.0. The van der Waals surface area contributed by atoms with Gasteiger partial charge in [-0.1, -0.05) is 30.3 Å². The summed E-state index contributed by atoms with van der Waals surface area (Å²) in [5, 5.41) is 4.27. The van der Waals surface area contributed by atoms with Gasteiger partial charge < -0.3 is 4.90 Å². The van der Waals surface area contributed by atoms with Gasteiger partial charge in [-0.05, 0) is 48.2 Å². The van der Waals surface area contributed by atoms with Crippen LogP contribution < -0.4 is 0 Å². The molecule has 0 unspecified atom stereocenters. The van der Waals surface area contributed by atoms with Crippen molar-refractivity contribution in [2.45, 2.75) is 31.8 Å². The first-order valence-corrected chi connectivity index (χ1v) is 11.1. The van der Waals surface area contributed by atoms with Crippen molar-refractivity contribution in [1.29, 1.82) is 0 Å². The van der Waals surface area contributed by atoms with Gasteiger partial charge in [0.2, 0.25) is 0 Å². The van der Waals surface area contributed by atoms with E-state index in [-0.39, 0.29) is 17.8 Å². The standard InChI is InChI=1S/C26H24FN5O/c27-21-8-3-6-19(14-21)15-22-16-28-17-24(30-22)25-10-4-13-32(25)26(33)23-9-2-1-7-20(23)18-31-12-5-11-29-31/h1-3,5-9,11-12,14,16-17,25H,4,10,13,15,18H2/t25-/m1/s1. The summed E-state index contributed by atoms with van der Waals surface area (Å²) in [6, 6.07) is 15.9. The molecule has 4 aromatic rings. The minimum Gasteiger partial charge on any atom is -0.330 e. The van der Waals surface area contributed by atoms with Crippen molar-refractivity contribution in [3.05, 3.63) is 113 Å². The van der Waals surface area contributed by atoms with Crippen LogP contribution in [0.4, 0.5) is 4.39 Å². The molecule has 1 amide bonds. The smallest absolute Gasteiger partial charge is 0.254 e. The number of hydrogen-bond donors (Lipinski definition) is 0. The van der Waals surface area contributed by atoms with Crippen LogP contribution in [0.25, 0.3) is 0 Å². The lowest BCUT2D eigenvalue weighted by Gasteiger charge is -2.25. The van der Waals surface area contributed by atoms with Crippen molar-refractivity contribution in [1.82, 2.24) is 24.6 Å². The van der Waals surface area contributed by atoms with Crippen molar-refractivity contribution >= 4 is 5.91 Å². The molecule has 166 valence electrons. The number of benzene rings is 2. The number of amides is 1. The summed E-state index contributed by atoms with van der Waals surface area (Å²) in [5.74, 6) is -0.268. The Morgan fingerprint density at radius 2 is 2.00 bits per heavy atom. The number of halogens is 1. The van der Waals surface area contributed by atoms with Gasteiger partial charge in [0.15, 0.2) is 0 Å². The molecular weight excluding hydrogens is 417 g/mol. The molecule has 1 atom stereocenters. The second-order valence-corrected chi connectivity index (χ2v) is 8.26. The molecule has 6 nitrogen and oxygen atoms in total. The summed E-state index contributed by atoms with van der Waals surface area (Å²) in [6.45, 7) is 1.21. The molecule has 33 heavy (non-hydrogen) atoms. The van der Waals surface area contributed by atoms with Gasteiger partial charge in [0.25, 0.3) is 5.91 Å². The second-order valence-electron chi connectivity index (χ2n) is 8.26. The summed E-state index contributed by atoms with van der Waals surface area (Å²) in [7, 11) is 0. The van der Waals surface area contributed by atoms with Crippen LogP contribution in [0.5, 0.6) is 0 Å². The number of hydrogen-bond acceptors (Lipinski definition) is 4. The predicted molar refractivity (Wildman–Crippen MR) is 122 cm³/mol. The van der Waals surface area contributed by atoms with Crippen LogP contribution in [-0.4, -0.2) is 37.1 Å². The van der Waals surface area contributed by atoms with E-state index in [0.29, 0.717) is 25.1 Å². The molecule has 1 aliphatic heterocycles. The lowest BCUT2D eigenvalue weighted by molar-refractivity contribution is 0.0731. The number of aromatic nitrogens is 4. The van der Waals surface area contributed by atoms with Crippen molar-refractivity contribution in [2.75, 3.05) is 6.54 Å². The molecule has 1 saturated heterocycles. The normalized spacial score (nSPS) is 15.7. The summed E-state index contributed by atoms with van der Waals surface area (Å²) >= 11 is 0. The molecule has 5 rings (SSSR count). The maximum Gasteiger partial charge on any atom is 0.254 e. The molecule has 0 N–H and O–H groups in total. The highest BCUT2D eigenvalue weighted by atomic mass is 19.1. The third-order valence-electron chi connectivity index (χ3n) is 5.97. The van der Waals surface area contributed by atoms with Crippen molar-refractivity contribution in [2.24, 2.45) is 0 Å². The van der Waals surface area contributed by atoms with Crippen LogP contribution >= 0.6 is 0 Å². The van der Waals surface area contributed by atoms with Crippen LogP contribution in [-0.2, 0) is 13.0 Å². The number of rotatable bonds is 6. The number of carbonyl (C=O) groups is 1. The van der Waals surface area contributed by atoms with Gasteiger partial charge in [0.05, 0.1) is 30.2 Å². The molecule has 0 bridgehead atoms. The number of likely N-dealkylation sites (tertiary alicyclic amines) is 1.